The van der Waals surface area contributed by atoms with E-state index in [1.54, 1.807) is 18.6 Å². The van der Waals surface area contributed by atoms with Crippen molar-refractivity contribution in [3.63, 3.8) is 0 Å². The highest BCUT2D eigenvalue weighted by Crippen LogP contribution is 2.18. The van der Waals surface area contributed by atoms with Crippen molar-refractivity contribution in [3.05, 3.63) is 36.9 Å². The number of rotatable bonds is 5. The molecular weight excluding hydrogens is 276 g/mol. The van der Waals surface area contributed by atoms with Crippen LogP contribution in [-0.4, -0.2) is 50.3 Å². The minimum atomic E-state index is -0.372. The van der Waals surface area contributed by atoms with Gasteiger partial charge in [-0.05, 0) is 44.0 Å². The number of aliphatic hydroxyl groups excluding tert-OH is 1. The molecule has 2 aromatic heterocycles. The van der Waals surface area contributed by atoms with Gasteiger partial charge in [0, 0.05) is 36.9 Å². The lowest BCUT2D eigenvalue weighted by Crippen LogP contribution is -2.39. The third-order valence-corrected chi connectivity index (χ3v) is 4.41. The summed E-state index contributed by atoms with van der Waals surface area (Å²) in [6, 6.07) is 3.88. The molecule has 0 radical (unpaired) electrons. The maximum atomic E-state index is 10.4. The van der Waals surface area contributed by atoms with Gasteiger partial charge in [0.05, 0.1) is 12.6 Å². The SMILES string of the molecule is CC1CCN(CC(O)Cn2ccnc2-c2ccncc2)CC1. The van der Waals surface area contributed by atoms with Crippen molar-refractivity contribution in [1.82, 2.24) is 19.4 Å². The van der Waals surface area contributed by atoms with Crippen molar-refractivity contribution in [3.8, 4) is 11.4 Å². The van der Waals surface area contributed by atoms with Gasteiger partial charge >= 0.3 is 0 Å². The molecule has 5 nitrogen and oxygen atoms in total. The molecule has 0 bridgehead atoms. The summed E-state index contributed by atoms with van der Waals surface area (Å²) in [6.45, 7) is 5.81. The third kappa shape index (κ3) is 3.72. The maximum Gasteiger partial charge on any atom is 0.140 e. The number of nitrogens with zero attached hydrogens (tertiary/aromatic N) is 4. The third-order valence-electron chi connectivity index (χ3n) is 4.41. The second-order valence-electron chi connectivity index (χ2n) is 6.28. The molecule has 1 saturated heterocycles. The van der Waals surface area contributed by atoms with Gasteiger partial charge in [-0.1, -0.05) is 6.92 Å². The van der Waals surface area contributed by atoms with Crippen molar-refractivity contribution in [2.45, 2.75) is 32.4 Å². The van der Waals surface area contributed by atoms with Crippen molar-refractivity contribution in [2.24, 2.45) is 5.92 Å². The summed E-state index contributed by atoms with van der Waals surface area (Å²) in [5.41, 5.74) is 1.03. The first-order valence-corrected chi connectivity index (χ1v) is 8.04. The number of hydrogen-bond acceptors (Lipinski definition) is 4. The van der Waals surface area contributed by atoms with Crippen LogP contribution in [0.2, 0.25) is 0 Å². The zero-order chi connectivity index (χ0) is 15.4. The second kappa shape index (κ2) is 7.03. The van der Waals surface area contributed by atoms with E-state index in [-0.39, 0.29) is 6.10 Å². The lowest BCUT2D eigenvalue weighted by atomic mass is 9.99. The monoisotopic (exact) mass is 300 g/mol. The molecule has 1 atom stereocenters. The summed E-state index contributed by atoms with van der Waals surface area (Å²) in [5, 5.41) is 10.4. The van der Waals surface area contributed by atoms with Crippen LogP contribution in [0, 0.1) is 5.92 Å². The highest BCUT2D eigenvalue weighted by molar-refractivity contribution is 5.54. The van der Waals surface area contributed by atoms with E-state index < -0.39 is 0 Å². The average molecular weight is 300 g/mol. The Labute approximate surface area is 131 Å². The van der Waals surface area contributed by atoms with Crippen LogP contribution >= 0.6 is 0 Å². The highest BCUT2D eigenvalue weighted by atomic mass is 16.3. The summed E-state index contributed by atoms with van der Waals surface area (Å²) in [4.78, 5) is 10.8. The number of pyridine rings is 1. The van der Waals surface area contributed by atoms with Crippen LogP contribution in [-0.2, 0) is 6.54 Å². The summed E-state index contributed by atoms with van der Waals surface area (Å²) >= 11 is 0. The van der Waals surface area contributed by atoms with Gasteiger partial charge in [0.25, 0.3) is 0 Å². The van der Waals surface area contributed by atoms with E-state index in [1.807, 2.05) is 22.9 Å². The van der Waals surface area contributed by atoms with Gasteiger partial charge in [0.1, 0.15) is 5.82 Å². The number of likely N-dealkylation sites (tertiary alicyclic amines) is 1. The van der Waals surface area contributed by atoms with E-state index in [1.165, 1.54) is 12.8 Å². The predicted molar refractivity (Wildman–Crippen MR) is 86.3 cm³/mol. The number of aromatic nitrogens is 3. The molecule has 22 heavy (non-hydrogen) atoms. The fraction of sp³-hybridized carbons (Fsp3) is 0.529. The van der Waals surface area contributed by atoms with E-state index in [4.69, 9.17) is 0 Å². The lowest BCUT2D eigenvalue weighted by molar-refractivity contribution is 0.0804. The van der Waals surface area contributed by atoms with E-state index >= 15 is 0 Å². The Morgan fingerprint density at radius 2 is 1.91 bits per heavy atom. The van der Waals surface area contributed by atoms with Gasteiger partial charge in [0.15, 0.2) is 0 Å². The van der Waals surface area contributed by atoms with Gasteiger partial charge in [0.2, 0.25) is 0 Å². The zero-order valence-corrected chi connectivity index (χ0v) is 13.1. The average Bonchev–Trinajstić information content (AvgIpc) is 2.98. The standard InChI is InChI=1S/C17H24N4O/c1-14-4-9-20(10-5-14)12-16(22)13-21-11-8-19-17(21)15-2-6-18-7-3-15/h2-3,6-8,11,14,16,22H,4-5,9-10,12-13H2,1H3. The molecule has 3 rings (SSSR count). The van der Waals surface area contributed by atoms with Gasteiger partial charge in [-0.2, -0.15) is 0 Å². The smallest absolute Gasteiger partial charge is 0.140 e. The van der Waals surface area contributed by atoms with Crippen molar-refractivity contribution in [1.29, 1.82) is 0 Å². The van der Waals surface area contributed by atoms with Crippen LogP contribution < -0.4 is 0 Å². The van der Waals surface area contributed by atoms with Crippen LogP contribution in [0.3, 0.4) is 0 Å². The van der Waals surface area contributed by atoms with Gasteiger partial charge in [-0.25, -0.2) is 4.98 Å². The molecule has 5 heteroatoms. The maximum absolute atomic E-state index is 10.4. The van der Waals surface area contributed by atoms with E-state index in [2.05, 4.69) is 21.8 Å². The Kier molecular flexibility index (Phi) is 4.85. The molecule has 1 fully saturated rings. The predicted octanol–water partition coefficient (Wildman–Crippen LogP) is 2.04. The van der Waals surface area contributed by atoms with Crippen LogP contribution in [0.25, 0.3) is 11.4 Å². The normalized spacial score (nSPS) is 18.5. The number of aliphatic hydroxyl groups is 1. The number of piperidine rings is 1. The van der Waals surface area contributed by atoms with E-state index in [9.17, 15) is 5.11 Å². The minimum Gasteiger partial charge on any atom is -0.390 e. The van der Waals surface area contributed by atoms with Crippen LogP contribution in [0.5, 0.6) is 0 Å². The first-order chi connectivity index (χ1) is 10.7. The summed E-state index contributed by atoms with van der Waals surface area (Å²) in [5.74, 6) is 1.70. The molecule has 0 aliphatic carbocycles. The summed E-state index contributed by atoms with van der Waals surface area (Å²) in [6.07, 6.45) is 9.34. The molecule has 118 valence electrons. The van der Waals surface area contributed by atoms with Gasteiger partial charge in [-0.3, -0.25) is 4.98 Å². The minimum absolute atomic E-state index is 0.372. The molecule has 0 amide bonds. The van der Waals surface area contributed by atoms with Crippen LogP contribution in [0.15, 0.2) is 36.9 Å². The Bertz CT molecular complexity index is 575. The summed E-state index contributed by atoms with van der Waals surface area (Å²) < 4.78 is 2.02. The Morgan fingerprint density at radius 3 is 2.64 bits per heavy atom. The van der Waals surface area contributed by atoms with Crippen molar-refractivity contribution >= 4 is 0 Å². The van der Waals surface area contributed by atoms with Gasteiger partial charge < -0.3 is 14.6 Å². The number of hydrogen-bond donors (Lipinski definition) is 1. The zero-order valence-electron chi connectivity index (χ0n) is 13.1. The number of imidazole rings is 1. The van der Waals surface area contributed by atoms with E-state index in [0.29, 0.717) is 6.54 Å². The lowest BCUT2D eigenvalue weighted by Gasteiger charge is -2.31. The molecule has 1 aliphatic rings. The molecule has 1 N–H and O–H groups in total. The molecule has 0 aromatic carbocycles. The first kappa shape index (κ1) is 15.2. The van der Waals surface area contributed by atoms with Crippen molar-refractivity contribution < 1.29 is 5.11 Å². The molecule has 2 aromatic rings. The van der Waals surface area contributed by atoms with E-state index in [0.717, 1.165) is 36.9 Å². The van der Waals surface area contributed by atoms with Crippen LogP contribution in [0.4, 0.5) is 0 Å². The first-order valence-electron chi connectivity index (χ1n) is 8.04. The second-order valence-corrected chi connectivity index (χ2v) is 6.28. The number of β-amino-alcohol motifs (C(OH)–C–C–N with tert-alkyl or cyclic N) is 1. The fourth-order valence-corrected chi connectivity index (χ4v) is 3.05. The molecule has 1 aliphatic heterocycles. The molecular formula is C17H24N4O. The quantitative estimate of drug-likeness (QED) is 0.918. The molecule has 0 saturated carbocycles. The van der Waals surface area contributed by atoms with Crippen molar-refractivity contribution in [2.75, 3.05) is 19.6 Å². The van der Waals surface area contributed by atoms with Gasteiger partial charge in [-0.15, -0.1) is 0 Å². The Balaban J connectivity index is 1.60. The summed E-state index contributed by atoms with van der Waals surface area (Å²) in [7, 11) is 0. The fourth-order valence-electron chi connectivity index (χ4n) is 3.05. The molecule has 3 heterocycles. The molecule has 1 unspecified atom stereocenters. The topological polar surface area (TPSA) is 54.2 Å². The van der Waals surface area contributed by atoms with Crippen LogP contribution in [0.1, 0.15) is 19.8 Å². The largest absolute Gasteiger partial charge is 0.390 e. The Hall–Kier alpha value is -1.72. The highest BCUT2D eigenvalue weighted by Gasteiger charge is 2.19. The molecule has 0 spiro atoms. The Morgan fingerprint density at radius 1 is 1.18 bits per heavy atom.